The summed E-state index contributed by atoms with van der Waals surface area (Å²) in [6.07, 6.45) is 0. The Morgan fingerprint density at radius 2 is 1.67 bits per heavy atom. The van der Waals surface area contributed by atoms with Crippen LogP contribution in [-0.4, -0.2) is 6.67 Å². The van der Waals surface area contributed by atoms with Crippen LogP contribution in [0.25, 0.3) is 0 Å². The zero-order valence-corrected chi connectivity index (χ0v) is 7.55. The summed E-state index contributed by atoms with van der Waals surface area (Å²) >= 11 is 0. The maximum absolute atomic E-state index is 12.9. The van der Waals surface area contributed by atoms with E-state index in [0.717, 1.165) is 0 Å². The van der Waals surface area contributed by atoms with Gasteiger partial charge in [0, 0.05) is 5.57 Å². The summed E-state index contributed by atoms with van der Waals surface area (Å²) in [5.41, 5.74) is -0.886. The number of allylic oxidation sites excluding steroid dienone is 3. The molecule has 0 saturated heterocycles. The van der Waals surface area contributed by atoms with Gasteiger partial charge in [-0.15, -0.1) is 0 Å². The lowest BCUT2D eigenvalue weighted by Gasteiger charge is -2.20. The molecule has 0 atom stereocenters. The second-order valence-corrected chi connectivity index (χ2v) is 3.58. The molecule has 0 aliphatic rings. The number of alkyl halides is 1. The minimum atomic E-state index is -1.21. The third kappa shape index (κ3) is 2.72. The molecule has 0 amide bonds. The second kappa shape index (κ2) is 3.78. The van der Waals surface area contributed by atoms with Gasteiger partial charge < -0.3 is 0 Å². The van der Waals surface area contributed by atoms with Gasteiger partial charge in [0.25, 0.3) is 0 Å². The summed E-state index contributed by atoms with van der Waals surface area (Å²) in [5.74, 6) is -2.37. The molecule has 12 heavy (non-hydrogen) atoms. The maximum atomic E-state index is 12.9. The molecule has 0 bridgehead atoms. The minimum Gasteiger partial charge on any atom is -0.246 e. The molecule has 3 heteroatoms. The minimum absolute atomic E-state index is 0.185. The topological polar surface area (TPSA) is 0 Å². The lowest BCUT2D eigenvalue weighted by molar-refractivity contribution is 0.394. The lowest BCUT2D eigenvalue weighted by atomic mass is 9.86. The Morgan fingerprint density at radius 3 is 1.75 bits per heavy atom. The van der Waals surface area contributed by atoms with Crippen molar-refractivity contribution in [2.45, 2.75) is 20.8 Å². The van der Waals surface area contributed by atoms with Gasteiger partial charge in [-0.3, -0.25) is 0 Å². The first-order valence-corrected chi connectivity index (χ1v) is 3.60. The van der Waals surface area contributed by atoms with E-state index in [9.17, 15) is 13.2 Å². The number of hydrogen-bond donors (Lipinski definition) is 0. The molecule has 0 aliphatic heterocycles. The van der Waals surface area contributed by atoms with Crippen molar-refractivity contribution in [3.8, 4) is 0 Å². The quantitative estimate of drug-likeness (QED) is 0.565. The highest BCUT2D eigenvalue weighted by Crippen LogP contribution is 2.31. The first-order valence-electron chi connectivity index (χ1n) is 3.60. The van der Waals surface area contributed by atoms with Gasteiger partial charge in [-0.25, -0.2) is 13.2 Å². The number of halogens is 3. The van der Waals surface area contributed by atoms with E-state index in [-0.39, 0.29) is 5.57 Å². The van der Waals surface area contributed by atoms with E-state index in [1.165, 1.54) is 0 Å². The standard InChI is InChI=1S/C9H13F3/c1-6(11)8(12)7(5-10)9(2,3)4/h1,5H2,2-4H3/b8-7-. The van der Waals surface area contributed by atoms with E-state index in [0.29, 0.717) is 0 Å². The highest BCUT2D eigenvalue weighted by molar-refractivity contribution is 5.26. The Balaban J connectivity index is 5.01. The van der Waals surface area contributed by atoms with Crippen LogP contribution >= 0.6 is 0 Å². The van der Waals surface area contributed by atoms with Crippen LogP contribution in [0.3, 0.4) is 0 Å². The van der Waals surface area contributed by atoms with Crippen LogP contribution in [0.2, 0.25) is 0 Å². The predicted octanol–water partition coefficient (Wildman–Crippen LogP) is 3.71. The fourth-order valence-electron chi connectivity index (χ4n) is 0.752. The molecule has 0 heterocycles. The molecule has 0 saturated carbocycles. The maximum Gasteiger partial charge on any atom is 0.160 e. The van der Waals surface area contributed by atoms with Crippen molar-refractivity contribution in [2.24, 2.45) is 5.41 Å². The Hall–Kier alpha value is -0.730. The second-order valence-electron chi connectivity index (χ2n) is 3.58. The summed E-state index contributed by atoms with van der Waals surface area (Å²) in [6.45, 7) is 6.63. The van der Waals surface area contributed by atoms with Gasteiger partial charge in [-0.05, 0) is 5.41 Å². The summed E-state index contributed by atoms with van der Waals surface area (Å²) in [7, 11) is 0. The average molecular weight is 178 g/mol. The molecule has 0 nitrogen and oxygen atoms in total. The van der Waals surface area contributed by atoms with Gasteiger partial charge in [0.15, 0.2) is 11.7 Å². The van der Waals surface area contributed by atoms with Crippen molar-refractivity contribution in [1.29, 1.82) is 0 Å². The molecular weight excluding hydrogens is 165 g/mol. The summed E-state index contributed by atoms with van der Waals surface area (Å²) < 4.78 is 37.4. The molecule has 0 aromatic heterocycles. The normalized spacial score (nSPS) is 14.2. The van der Waals surface area contributed by atoms with Crippen LogP contribution < -0.4 is 0 Å². The van der Waals surface area contributed by atoms with Crippen LogP contribution in [0.1, 0.15) is 20.8 Å². The van der Waals surface area contributed by atoms with Gasteiger partial charge in [0.2, 0.25) is 0 Å². The van der Waals surface area contributed by atoms with Crippen molar-refractivity contribution in [3.63, 3.8) is 0 Å². The molecule has 70 valence electrons. The highest BCUT2D eigenvalue weighted by atomic mass is 19.2. The van der Waals surface area contributed by atoms with Crippen molar-refractivity contribution in [1.82, 2.24) is 0 Å². The Bertz CT molecular complexity index is 208. The van der Waals surface area contributed by atoms with Crippen LogP contribution in [0, 0.1) is 5.41 Å². The van der Waals surface area contributed by atoms with Crippen molar-refractivity contribution >= 4 is 0 Å². The third-order valence-corrected chi connectivity index (χ3v) is 1.54. The first-order chi connectivity index (χ1) is 5.30. The molecule has 0 radical (unpaired) electrons. The van der Waals surface area contributed by atoms with Crippen molar-refractivity contribution in [3.05, 3.63) is 23.8 Å². The van der Waals surface area contributed by atoms with Crippen LogP contribution in [0.15, 0.2) is 23.8 Å². The van der Waals surface area contributed by atoms with Gasteiger partial charge in [0.05, 0.1) is 0 Å². The summed E-state index contributed by atoms with van der Waals surface area (Å²) in [6, 6.07) is 0. The first kappa shape index (κ1) is 11.3. The van der Waals surface area contributed by atoms with Gasteiger partial charge in [0.1, 0.15) is 6.67 Å². The monoisotopic (exact) mass is 178 g/mol. The van der Waals surface area contributed by atoms with Gasteiger partial charge in [-0.1, -0.05) is 27.4 Å². The molecule has 0 aromatic carbocycles. The zero-order valence-electron chi connectivity index (χ0n) is 7.55. The average Bonchev–Trinajstić information content (AvgIpc) is 1.85. The molecule has 0 N–H and O–H groups in total. The van der Waals surface area contributed by atoms with E-state index in [1.807, 2.05) is 0 Å². The van der Waals surface area contributed by atoms with Gasteiger partial charge >= 0.3 is 0 Å². The van der Waals surface area contributed by atoms with Crippen LogP contribution in [0.4, 0.5) is 13.2 Å². The van der Waals surface area contributed by atoms with E-state index in [2.05, 4.69) is 6.58 Å². The smallest absolute Gasteiger partial charge is 0.160 e. The van der Waals surface area contributed by atoms with E-state index < -0.39 is 23.7 Å². The van der Waals surface area contributed by atoms with Gasteiger partial charge in [-0.2, -0.15) is 0 Å². The summed E-state index contributed by atoms with van der Waals surface area (Å²) in [5, 5.41) is 0. The van der Waals surface area contributed by atoms with Crippen LogP contribution in [-0.2, 0) is 0 Å². The fraction of sp³-hybridized carbons (Fsp3) is 0.556. The molecule has 0 fully saturated rings. The lowest BCUT2D eigenvalue weighted by Crippen LogP contribution is -2.13. The molecule has 0 unspecified atom stereocenters. The molecular formula is C9H13F3. The van der Waals surface area contributed by atoms with E-state index >= 15 is 0 Å². The van der Waals surface area contributed by atoms with Crippen LogP contribution in [0.5, 0.6) is 0 Å². The predicted molar refractivity (Wildman–Crippen MR) is 43.8 cm³/mol. The zero-order chi connectivity index (χ0) is 9.94. The number of rotatable bonds is 2. The Kier molecular flexibility index (Phi) is 3.55. The third-order valence-electron chi connectivity index (χ3n) is 1.54. The summed E-state index contributed by atoms with van der Waals surface area (Å²) in [4.78, 5) is 0. The molecule has 0 spiro atoms. The molecule has 0 rings (SSSR count). The number of hydrogen-bond acceptors (Lipinski definition) is 0. The highest BCUT2D eigenvalue weighted by Gasteiger charge is 2.22. The molecule has 0 aliphatic carbocycles. The fourth-order valence-corrected chi connectivity index (χ4v) is 0.752. The Morgan fingerprint density at radius 1 is 1.25 bits per heavy atom. The van der Waals surface area contributed by atoms with Crippen molar-refractivity contribution < 1.29 is 13.2 Å². The Labute approximate surface area is 70.8 Å². The molecule has 0 aromatic rings. The van der Waals surface area contributed by atoms with E-state index in [1.54, 1.807) is 20.8 Å². The van der Waals surface area contributed by atoms with Crippen molar-refractivity contribution in [2.75, 3.05) is 6.67 Å². The largest absolute Gasteiger partial charge is 0.246 e. The SMILES string of the molecule is C=C(F)/C(F)=C(\CF)C(C)(C)C. The van der Waals surface area contributed by atoms with E-state index in [4.69, 9.17) is 0 Å².